The number of hydrogen-bond donors (Lipinski definition) is 2. The molecule has 0 bridgehead atoms. The van der Waals surface area contributed by atoms with Crippen molar-refractivity contribution in [3.63, 3.8) is 0 Å². The third-order valence-electron chi connectivity index (χ3n) is 2.88. The second kappa shape index (κ2) is 6.69. The molecule has 0 aromatic rings. The first kappa shape index (κ1) is 16.0. The summed E-state index contributed by atoms with van der Waals surface area (Å²) in [5.74, 6) is -0.514. The number of unbranched alkanes of at least 4 members (excludes halogenated alkanes) is 1. The molecule has 16 heavy (non-hydrogen) atoms. The molecule has 1 fully saturated rings. The van der Waals surface area contributed by atoms with Crippen molar-refractivity contribution in [1.29, 1.82) is 0 Å². The standard InChI is InChI=1S/C10H16N2O2S.Na/c1-3-5-6-10(4-2)7(13)11-9(15)12-8(10)14;/h3-6H2,1-2H3,(H2,11,12,13,14,15);. The van der Waals surface area contributed by atoms with Gasteiger partial charge in [-0.05, 0) is 25.1 Å². The Morgan fingerprint density at radius 3 is 2.06 bits per heavy atom. The molecule has 0 aliphatic carbocycles. The summed E-state index contributed by atoms with van der Waals surface area (Å²) in [6.07, 6.45) is 2.92. The molecule has 2 N–H and O–H groups in total. The van der Waals surface area contributed by atoms with E-state index in [1.54, 1.807) is 0 Å². The SMILES string of the molecule is CCCCC1(CC)C(=O)NC(=S)NC1=O.[Na]. The van der Waals surface area contributed by atoms with Crippen LogP contribution in [0.1, 0.15) is 39.5 Å². The Morgan fingerprint density at radius 1 is 1.19 bits per heavy atom. The number of carbonyl (C=O) groups excluding carboxylic acids is 2. The van der Waals surface area contributed by atoms with Crippen molar-refractivity contribution in [3.8, 4) is 0 Å². The maximum absolute atomic E-state index is 11.8. The van der Waals surface area contributed by atoms with E-state index in [-0.39, 0.29) is 46.5 Å². The van der Waals surface area contributed by atoms with Crippen molar-refractivity contribution >= 4 is 58.7 Å². The van der Waals surface area contributed by atoms with E-state index >= 15 is 0 Å². The first-order valence-electron chi connectivity index (χ1n) is 5.23. The fraction of sp³-hybridized carbons (Fsp3) is 0.700. The van der Waals surface area contributed by atoms with Gasteiger partial charge in [-0.2, -0.15) is 0 Å². The monoisotopic (exact) mass is 251 g/mol. The van der Waals surface area contributed by atoms with Gasteiger partial charge in [0.25, 0.3) is 0 Å². The van der Waals surface area contributed by atoms with Gasteiger partial charge < -0.3 is 10.6 Å². The van der Waals surface area contributed by atoms with Gasteiger partial charge in [0.1, 0.15) is 5.41 Å². The number of hydrogen-bond acceptors (Lipinski definition) is 3. The van der Waals surface area contributed by atoms with Gasteiger partial charge in [0.2, 0.25) is 11.8 Å². The van der Waals surface area contributed by atoms with E-state index in [1.165, 1.54) is 0 Å². The molecule has 1 saturated heterocycles. The maximum atomic E-state index is 11.8. The minimum absolute atomic E-state index is 0. The van der Waals surface area contributed by atoms with Crippen molar-refractivity contribution < 1.29 is 9.59 Å². The van der Waals surface area contributed by atoms with Crippen LogP contribution < -0.4 is 10.6 Å². The van der Waals surface area contributed by atoms with Crippen molar-refractivity contribution in [2.75, 3.05) is 0 Å². The van der Waals surface area contributed by atoms with E-state index in [9.17, 15) is 9.59 Å². The minimum atomic E-state index is -0.918. The average molecular weight is 251 g/mol. The molecule has 1 rings (SSSR count). The molecule has 1 aliphatic rings. The molecule has 2 amide bonds. The molecule has 85 valence electrons. The van der Waals surface area contributed by atoms with Crippen molar-refractivity contribution in [3.05, 3.63) is 0 Å². The summed E-state index contributed by atoms with van der Waals surface area (Å²) in [6.45, 7) is 3.88. The molecule has 0 aromatic carbocycles. The molecule has 6 heteroatoms. The van der Waals surface area contributed by atoms with Gasteiger partial charge in [-0.25, -0.2) is 0 Å². The molecule has 0 saturated carbocycles. The summed E-state index contributed by atoms with van der Waals surface area (Å²) in [5, 5.41) is 5.16. The predicted octanol–water partition coefficient (Wildman–Crippen LogP) is 0.723. The zero-order valence-corrected chi connectivity index (χ0v) is 12.9. The molecule has 1 radical (unpaired) electrons. The fourth-order valence-electron chi connectivity index (χ4n) is 1.78. The molecular weight excluding hydrogens is 235 g/mol. The summed E-state index contributed by atoms with van der Waals surface area (Å²) in [5.41, 5.74) is -0.918. The Labute approximate surface area is 123 Å². The van der Waals surface area contributed by atoms with Crippen LogP contribution in [0.25, 0.3) is 0 Å². The fourth-order valence-corrected chi connectivity index (χ4v) is 1.97. The molecule has 1 aliphatic heterocycles. The van der Waals surface area contributed by atoms with Crippen LogP contribution in [-0.2, 0) is 9.59 Å². The molecule has 1 heterocycles. The number of thiocarbonyl (C=S) groups is 1. The summed E-state index contributed by atoms with van der Waals surface area (Å²) < 4.78 is 0. The van der Waals surface area contributed by atoms with E-state index in [1.807, 2.05) is 13.8 Å². The van der Waals surface area contributed by atoms with E-state index < -0.39 is 5.41 Å². The largest absolute Gasteiger partial charge is 0.302 e. The third kappa shape index (κ3) is 3.03. The number of carbonyl (C=O) groups is 2. The van der Waals surface area contributed by atoms with Gasteiger partial charge in [0.15, 0.2) is 5.11 Å². The van der Waals surface area contributed by atoms with Crippen molar-refractivity contribution in [1.82, 2.24) is 10.6 Å². The average Bonchev–Trinajstić information content (AvgIpc) is 2.17. The topological polar surface area (TPSA) is 58.2 Å². The molecule has 0 spiro atoms. The van der Waals surface area contributed by atoms with E-state index in [4.69, 9.17) is 12.2 Å². The maximum Gasteiger partial charge on any atom is 0.241 e. The first-order valence-corrected chi connectivity index (χ1v) is 5.64. The van der Waals surface area contributed by atoms with Gasteiger partial charge >= 0.3 is 0 Å². The van der Waals surface area contributed by atoms with Crippen LogP contribution in [0.15, 0.2) is 0 Å². The Hall–Kier alpha value is 0.0300. The van der Waals surface area contributed by atoms with Gasteiger partial charge in [-0.1, -0.05) is 26.7 Å². The normalized spacial score (nSPS) is 18.5. The summed E-state index contributed by atoms with van der Waals surface area (Å²) >= 11 is 4.76. The molecule has 0 atom stereocenters. The summed E-state index contributed by atoms with van der Waals surface area (Å²) in [4.78, 5) is 23.6. The van der Waals surface area contributed by atoms with Crippen LogP contribution in [0.3, 0.4) is 0 Å². The number of rotatable bonds is 4. The van der Waals surface area contributed by atoms with Crippen LogP contribution in [-0.4, -0.2) is 46.5 Å². The van der Waals surface area contributed by atoms with Gasteiger partial charge in [-0.15, -0.1) is 0 Å². The van der Waals surface area contributed by atoms with E-state index in [2.05, 4.69) is 10.6 Å². The van der Waals surface area contributed by atoms with E-state index in [0.717, 1.165) is 12.8 Å². The Bertz CT molecular complexity index is 287. The third-order valence-corrected chi connectivity index (χ3v) is 3.09. The van der Waals surface area contributed by atoms with Crippen LogP contribution >= 0.6 is 12.2 Å². The first-order chi connectivity index (χ1) is 7.06. The zero-order chi connectivity index (χ0) is 11.5. The van der Waals surface area contributed by atoms with Crippen LogP contribution in [0.4, 0.5) is 0 Å². The number of nitrogens with one attached hydrogen (secondary N) is 2. The van der Waals surface area contributed by atoms with Gasteiger partial charge in [0.05, 0.1) is 0 Å². The summed E-state index contributed by atoms with van der Waals surface area (Å²) in [7, 11) is 0. The molecule has 0 aromatic heterocycles. The van der Waals surface area contributed by atoms with Crippen LogP contribution in [0.2, 0.25) is 0 Å². The van der Waals surface area contributed by atoms with Crippen molar-refractivity contribution in [2.45, 2.75) is 39.5 Å². The van der Waals surface area contributed by atoms with Crippen LogP contribution in [0, 0.1) is 5.41 Å². The smallest absolute Gasteiger partial charge is 0.241 e. The molecule has 0 unspecified atom stereocenters. The predicted molar refractivity (Wildman–Crippen MR) is 66.9 cm³/mol. The van der Waals surface area contributed by atoms with E-state index in [0.29, 0.717) is 12.8 Å². The van der Waals surface area contributed by atoms with Gasteiger partial charge in [-0.3, -0.25) is 9.59 Å². The van der Waals surface area contributed by atoms with Crippen molar-refractivity contribution in [2.24, 2.45) is 5.41 Å². The second-order valence-electron chi connectivity index (χ2n) is 3.78. The Balaban J connectivity index is 0.00000225. The van der Waals surface area contributed by atoms with Crippen LogP contribution in [0.5, 0.6) is 0 Å². The molecule has 4 nitrogen and oxygen atoms in total. The molecular formula is C10H16N2NaO2S. The van der Waals surface area contributed by atoms with Gasteiger partial charge in [0, 0.05) is 29.6 Å². The minimum Gasteiger partial charge on any atom is -0.302 e. The Kier molecular flexibility index (Phi) is 6.70. The Morgan fingerprint density at radius 2 is 1.69 bits per heavy atom. The number of amides is 2. The quantitative estimate of drug-likeness (QED) is 0.440. The summed E-state index contributed by atoms with van der Waals surface area (Å²) in [6, 6.07) is 0. The zero-order valence-electron chi connectivity index (χ0n) is 10.1. The second-order valence-corrected chi connectivity index (χ2v) is 4.18.